The van der Waals surface area contributed by atoms with Crippen molar-refractivity contribution in [1.82, 2.24) is 10.6 Å². The van der Waals surface area contributed by atoms with E-state index >= 15 is 0 Å². The summed E-state index contributed by atoms with van der Waals surface area (Å²) in [6.45, 7) is -0.356. The normalized spacial score (nSPS) is 13.9. The Labute approximate surface area is 95.7 Å². The van der Waals surface area contributed by atoms with Crippen molar-refractivity contribution in [3.63, 3.8) is 0 Å². The molecule has 94 valence electrons. The summed E-state index contributed by atoms with van der Waals surface area (Å²) in [4.78, 5) is 21.5. The first-order valence-corrected chi connectivity index (χ1v) is 6.38. The summed E-state index contributed by atoms with van der Waals surface area (Å²) in [5, 5.41) is 21.6. The molecule has 2 atom stereocenters. The van der Waals surface area contributed by atoms with Gasteiger partial charge in [0.2, 0.25) is 0 Å². The predicted molar refractivity (Wildman–Crippen MR) is 58.6 cm³/mol. The van der Waals surface area contributed by atoms with Crippen LogP contribution in [0.15, 0.2) is 0 Å². The fourth-order valence-electron chi connectivity index (χ4n) is 0.872. The van der Waals surface area contributed by atoms with E-state index in [9.17, 15) is 13.8 Å². The molecule has 2 amide bonds. The third kappa shape index (κ3) is 7.18. The van der Waals surface area contributed by atoms with E-state index in [-0.39, 0.29) is 0 Å². The fraction of sp³-hybridized carbons (Fsp3) is 0.750. The van der Waals surface area contributed by atoms with Gasteiger partial charge in [0.15, 0.2) is 6.04 Å². The largest absolute Gasteiger partial charge is 0.480 e. The first-order chi connectivity index (χ1) is 7.47. The van der Waals surface area contributed by atoms with Gasteiger partial charge in [0.1, 0.15) is 0 Å². The summed E-state index contributed by atoms with van der Waals surface area (Å²) in [6, 6.07) is -1.97. The molecule has 0 aromatic carbocycles. The van der Waals surface area contributed by atoms with Crippen LogP contribution in [0.25, 0.3) is 0 Å². The lowest BCUT2D eigenvalue weighted by Crippen LogP contribution is -2.48. The number of nitrogens with one attached hydrogen (secondary N) is 2. The monoisotopic (exact) mass is 252 g/mol. The lowest BCUT2D eigenvalue weighted by Gasteiger charge is -2.12. The Morgan fingerprint density at radius 2 is 2.06 bits per heavy atom. The number of aliphatic carboxylic acids is 1. The third-order valence-electron chi connectivity index (χ3n) is 1.68. The average Bonchev–Trinajstić information content (AvgIpc) is 2.20. The van der Waals surface area contributed by atoms with Crippen molar-refractivity contribution in [2.75, 3.05) is 25.2 Å². The molecule has 7 nitrogen and oxygen atoms in total. The molecular formula is C8H16N2O5S. The van der Waals surface area contributed by atoms with Gasteiger partial charge in [-0.15, -0.1) is 0 Å². The number of urea groups is 1. The molecule has 2 unspecified atom stereocenters. The highest BCUT2D eigenvalue weighted by atomic mass is 32.2. The zero-order valence-corrected chi connectivity index (χ0v) is 9.75. The SMILES string of the molecule is CS(=O)CCCNC(=O)NC(CO)C(=O)O. The zero-order valence-electron chi connectivity index (χ0n) is 8.93. The van der Waals surface area contributed by atoms with E-state index in [0.29, 0.717) is 18.7 Å². The van der Waals surface area contributed by atoms with Gasteiger partial charge in [-0.3, -0.25) is 4.21 Å². The predicted octanol–water partition coefficient (Wildman–Crippen LogP) is -1.50. The molecule has 0 aliphatic heterocycles. The van der Waals surface area contributed by atoms with Gasteiger partial charge in [0.05, 0.1) is 6.61 Å². The van der Waals surface area contributed by atoms with Gasteiger partial charge in [-0.2, -0.15) is 0 Å². The van der Waals surface area contributed by atoms with Crippen LogP contribution >= 0.6 is 0 Å². The number of aliphatic hydroxyl groups is 1. The molecule has 0 aliphatic rings. The quantitative estimate of drug-likeness (QED) is 0.411. The number of aliphatic hydroxyl groups excluding tert-OH is 1. The molecule has 0 bridgehead atoms. The van der Waals surface area contributed by atoms with Gasteiger partial charge in [-0.1, -0.05) is 0 Å². The van der Waals surface area contributed by atoms with E-state index in [1.165, 1.54) is 0 Å². The van der Waals surface area contributed by atoms with Gasteiger partial charge in [0.25, 0.3) is 0 Å². The summed E-state index contributed by atoms with van der Waals surface area (Å²) in [7, 11) is -0.906. The highest BCUT2D eigenvalue weighted by Crippen LogP contribution is 1.84. The van der Waals surface area contributed by atoms with Crippen LogP contribution in [0.5, 0.6) is 0 Å². The number of hydrogen-bond donors (Lipinski definition) is 4. The Morgan fingerprint density at radius 1 is 1.44 bits per heavy atom. The second kappa shape index (κ2) is 8.05. The lowest BCUT2D eigenvalue weighted by molar-refractivity contribution is -0.140. The maximum absolute atomic E-state index is 11.1. The first-order valence-electron chi connectivity index (χ1n) is 4.65. The number of carbonyl (C=O) groups excluding carboxylic acids is 1. The van der Waals surface area contributed by atoms with Gasteiger partial charge < -0.3 is 20.8 Å². The van der Waals surface area contributed by atoms with Gasteiger partial charge >= 0.3 is 12.0 Å². The molecule has 0 aromatic rings. The molecule has 0 aliphatic carbocycles. The topological polar surface area (TPSA) is 116 Å². The molecule has 0 aromatic heterocycles. The van der Waals surface area contributed by atoms with E-state index in [2.05, 4.69) is 10.6 Å². The Hall–Kier alpha value is -1.15. The minimum atomic E-state index is -1.31. The van der Waals surface area contributed by atoms with Crippen LogP contribution in [0.4, 0.5) is 4.79 Å². The standard InChI is InChI=1S/C8H16N2O5S/c1-16(15)4-2-3-9-8(14)10-6(5-11)7(12)13/h6,11H,2-5H2,1H3,(H,12,13)(H2,9,10,14). The van der Waals surface area contributed by atoms with Crippen LogP contribution in [0.2, 0.25) is 0 Å². The van der Waals surface area contributed by atoms with Gasteiger partial charge in [-0.25, -0.2) is 9.59 Å². The van der Waals surface area contributed by atoms with E-state index in [1.807, 2.05) is 0 Å². The number of hydrogen-bond acceptors (Lipinski definition) is 4. The Bertz CT molecular complexity index is 271. The molecule has 0 heterocycles. The van der Waals surface area contributed by atoms with Crippen molar-refractivity contribution >= 4 is 22.8 Å². The second-order valence-electron chi connectivity index (χ2n) is 3.10. The summed E-state index contributed by atoms with van der Waals surface area (Å²) >= 11 is 0. The van der Waals surface area contributed by atoms with Gasteiger partial charge in [-0.05, 0) is 6.42 Å². The molecule has 0 rings (SSSR count). The van der Waals surface area contributed by atoms with E-state index in [0.717, 1.165) is 0 Å². The van der Waals surface area contributed by atoms with Crippen molar-refractivity contribution in [2.45, 2.75) is 12.5 Å². The molecule has 0 saturated carbocycles. The third-order valence-corrected chi connectivity index (χ3v) is 2.54. The molecule has 0 radical (unpaired) electrons. The Balaban J connectivity index is 3.73. The lowest BCUT2D eigenvalue weighted by atomic mass is 10.3. The van der Waals surface area contributed by atoms with Crippen molar-refractivity contribution < 1.29 is 24.0 Å². The molecule has 0 saturated heterocycles. The number of carbonyl (C=O) groups is 2. The molecular weight excluding hydrogens is 236 g/mol. The number of carboxylic acid groups (broad SMARTS) is 1. The fourth-order valence-corrected chi connectivity index (χ4v) is 1.42. The summed E-state index contributed by atoms with van der Waals surface area (Å²) in [5.41, 5.74) is 0. The highest BCUT2D eigenvalue weighted by molar-refractivity contribution is 7.84. The van der Waals surface area contributed by atoms with Crippen LogP contribution in [0, 0.1) is 0 Å². The first kappa shape index (κ1) is 14.8. The Kier molecular flexibility index (Phi) is 7.48. The maximum atomic E-state index is 11.1. The molecule has 0 spiro atoms. The number of rotatable bonds is 7. The summed E-state index contributed by atoms with van der Waals surface area (Å²) in [5.74, 6) is -0.824. The van der Waals surface area contributed by atoms with Crippen molar-refractivity contribution in [1.29, 1.82) is 0 Å². The molecule has 8 heteroatoms. The smallest absolute Gasteiger partial charge is 0.328 e. The van der Waals surface area contributed by atoms with Crippen molar-refractivity contribution in [3.05, 3.63) is 0 Å². The van der Waals surface area contributed by atoms with Crippen molar-refractivity contribution in [2.24, 2.45) is 0 Å². The zero-order chi connectivity index (χ0) is 12.6. The maximum Gasteiger partial charge on any atom is 0.328 e. The number of carboxylic acids is 1. The minimum Gasteiger partial charge on any atom is -0.480 e. The minimum absolute atomic E-state index is 0.309. The van der Waals surface area contributed by atoms with E-state index in [4.69, 9.17) is 10.2 Å². The van der Waals surface area contributed by atoms with Crippen LogP contribution in [0.3, 0.4) is 0 Å². The molecule has 16 heavy (non-hydrogen) atoms. The molecule has 0 fully saturated rings. The number of amides is 2. The van der Waals surface area contributed by atoms with Crippen molar-refractivity contribution in [3.8, 4) is 0 Å². The summed E-state index contributed by atoms with van der Waals surface area (Å²) < 4.78 is 10.7. The van der Waals surface area contributed by atoms with Crippen LogP contribution in [-0.4, -0.2) is 57.6 Å². The molecule has 4 N–H and O–H groups in total. The van der Waals surface area contributed by atoms with Crippen LogP contribution < -0.4 is 10.6 Å². The highest BCUT2D eigenvalue weighted by Gasteiger charge is 2.17. The van der Waals surface area contributed by atoms with E-state index < -0.39 is 35.4 Å². The van der Waals surface area contributed by atoms with Crippen LogP contribution in [-0.2, 0) is 15.6 Å². The summed E-state index contributed by atoms with van der Waals surface area (Å²) in [6.07, 6.45) is 2.11. The van der Waals surface area contributed by atoms with Gasteiger partial charge in [0, 0.05) is 29.4 Å². The van der Waals surface area contributed by atoms with E-state index in [1.54, 1.807) is 6.26 Å². The Morgan fingerprint density at radius 3 is 2.50 bits per heavy atom. The average molecular weight is 252 g/mol. The second-order valence-corrected chi connectivity index (χ2v) is 4.66. The van der Waals surface area contributed by atoms with Crippen LogP contribution in [0.1, 0.15) is 6.42 Å².